The monoisotopic (exact) mass is 212 g/mol. The fraction of sp³-hybridized carbons (Fsp3) is 0.778. The molecule has 0 aliphatic carbocycles. The van der Waals surface area contributed by atoms with Gasteiger partial charge in [-0.15, -0.1) is 0 Å². The first-order valence-corrected chi connectivity index (χ1v) is 5.06. The second-order valence-corrected chi connectivity index (χ2v) is 4.11. The normalized spacial score (nSPS) is 26.6. The minimum Gasteiger partial charge on any atom is -0.379 e. The Kier molecular flexibility index (Phi) is 2.62. The third kappa shape index (κ3) is 1.95. The van der Waals surface area contributed by atoms with Crippen LogP contribution in [0.3, 0.4) is 0 Å². The Labute approximate surface area is 88.3 Å². The number of hydrogen-bond donors (Lipinski definition) is 2. The maximum Gasteiger partial charge on any atom is 0.265 e. The second-order valence-electron chi connectivity index (χ2n) is 4.11. The third-order valence-corrected chi connectivity index (χ3v) is 2.57. The molecule has 1 atom stereocenters. The Balaban J connectivity index is 2.20. The standard InChI is InChI=1S/C9H16N4O2/c1-13(2)8-11-7(15-12-8)9(14)4-3-5-10-6-9/h10,14H,3-6H2,1-2H3. The highest BCUT2D eigenvalue weighted by Gasteiger charge is 2.37. The number of piperidine rings is 1. The van der Waals surface area contributed by atoms with Crippen LogP contribution in [0.2, 0.25) is 0 Å². The summed E-state index contributed by atoms with van der Waals surface area (Å²) in [5.74, 6) is 0.794. The van der Waals surface area contributed by atoms with Gasteiger partial charge in [0.1, 0.15) is 0 Å². The number of aliphatic hydroxyl groups is 1. The van der Waals surface area contributed by atoms with Gasteiger partial charge in [0.2, 0.25) is 0 Å². The zero-order valence-corrected chi connectivity index (χ0v) is 9.03. The van der Waals surface area contributed by atoms with Gasteiger partial charge in [-0.1, -0.05) is 0 Å². The smallest absolute Gasteiger partial charge is 0.265 e. The first-order valence-electron chi connectivity index (χ1n) is 5.06. The summed E-state index contributed by atoms with van der Waals surface area (Å²) >= 11 is 0. The van der Waals surface area contributed by atoms with Gasteiger partial charge in [-0.25, -0.2) is 0 Å². The van der Waals surface area contributed by atoms with E-state index in [0.717, 1.165) is 13.0 Å². The number of aromatic nitrogens is 2. The van der Waals surface area contributed by atoms with E-state index in [4.69, 9.17) is 4.52 Å². The molecule has 0 amide bonds. The van der Waals surface area contributed by atoms with Crippen molar-refractivity contribution < 1.29 is 9.63 Å². The number of nitrogens with one attached hydrogen (secondary N) is 1. The van der Waals surface area contributed by atoms with Gasteiger partial charge in [-0.2, -0.15) is 4.98 Å². The highest BCUT2D eigenvalue weighted by molar-refractivity contribution is 5.25. The molecule has 6 heteroatoms. The van der Waals surface area contributed by atoms with E-state index in [-0.39, 0.29) is 0 Å². The summed E-state index contributed by atoms with van der Waals surface area (Å²) < 4.78 is 5.08. The van der Waals surface area contributed by atoms with Crippen molar-refractivity contribution in [2.45, 2.75) is 18.4 Å². The second kappa shape index (κ2) is 3.79. The summed E-state index contributed by atoms with van der Waals surface area (Å²) in [6, 6.07) is 0. The van der Waals surface area contributed by atoms with Crippen LogP contribution in [0.1, 0.15) is 18.7 Å². The lowest BCUT2D eigenvalue weighted by molar-refractivity contribution is -0.0167. The Bertz CT molecular complexity index is 331. The SMILES string of the molecule is CN(C)c1noc(C2(O)CCCNC2)n1. The predicted molar refractivity (Wildman–Crippen MR) is 54.6 cm³/mol. The molecule has 1 saturated heterocycles. The van der Waals surface area contributed by atoms with Gasteiger partial charge in [0, 0.05) is 20.6 Å². The van der Waals surface area contributed by atoms with Crippen molar-refractivity contribution in [3.8, 4) is 0 Å². The number of nitrogens with zero attached hydrogens (tertiary/aromatic N) is 3. The number of β-amino-alcohol motifs (C(OH)–C–C–N with tert-alkyl or cyclic N) is 1. The van der Waals surface area contributed by atoms with Crippen LogP contribution in [-0.4, -0.2) is 42.4 Å². The van der Waals surface area contributed by atoms with Crippen LogP contribution in [0.5, 0.6) is 0 Å². The first kappa shape index (κ1) is 10.4. The topological polar surface area (TPSA) is 74.4 Å². The van der Waals surface area contributed by atoms with Gasteiger partial charge in [0.15, 0.2) is 5.60 Å². The third-order valence-electron chi connectivity index (χ3n) is 2.57. The van der Waals surface area contributed by atoms with Crippen LogP contribution >= 0.6 is 0 Å². The molecule has 1 aromatic rings. The molecule has 0 aromatic carbocycles. The highest BCUT2D eigenvalue weighted by atomic mass is 16.5. The molecule has 1 aliphatic heterocycles. The van der Waals surface area contributed by atoms with Crippen molar-refractivity contribution in [1.82, 2.24) is 15.5 Å². The maximum absolute atomic E-state index is 10.3. The van der Waals surface area contributed by atoms with Crippen LogP contribution < -0.4 is 10.2 Å². The summed E-state index contributed by atoms with van der Waals surface area (Å²) in [6.45, 7) is 1.40. The van der Waals surface area contributed by atoms with Crippen LogP contribution in [0, 0.1) is 0 Å². The van der Waals surface area contributed by atoms with Crippen LogP contribution in [0.15, 0.2) is 4.52 Å². The van der Waals surface area contributed by atoms with E-state index < -0.39 is 5.60 Å². The lowest BCUT2D eigenvalue weighted by atomic mass is 9.94. The van der Waals surface area contributed by atoms with Crippen molar-refractivity contribution in [2.75, 3.05) is 32.1 Å². The Hall–Kier alpha value is -1.14. The van der Waals surface area contributed by atoms with Gasteiger partial charge >= 0.3 is 0 Å². The van der Waals surface area contributed by atoms with E-state index in [1.54, 1.807) is 4.90 Å². The molecule has 6 nitrogen and oxygen atoms in total. The molecular formula is C9H16N4O2. The lowest BCUT2D eigenvalue weighted by Crippen LogP contribution is -2.43. The zero-order chi connectivity index (χ0) is 10.9. The van der Waals surface area contributed by atoms with E-state index in [9.17, 15) is 5.11 Å². The predicted octanol–water partition coefficient (Wildman–Crippen LogP) is -0.293. The molecule has 1 aromatic heterocycles. The highest BCUT2D eigenvalue weighted by Crippen LogP contribution is 2.27. The molecule has 1 unspecified atom stereocenters. The molecule has 2 rings (SSSR count). The molecule has 15 heavy (non-hydrogen) atoms. The number of hydrogen-bond acceptors (Lipinski definition) is 6. The van der Waals surface area contributed by atoms with Crippen molar-refractivity contribution in [3.05, 3.63) is 5.89 Å². The number of anilines is 1. The molecule has 0 saturated carbocycles. The maximum atomic E-state index is 10.3. The minimum absolute atomic E-state index is 0.304. The van der Waals surface area contributed by atoms with Crippen molar-refractivity contribution in [1.29, 1.82) is 0 Å². The van der Waals surface area contributed by atoms with Gasteiger partial charge in [-0.3, -0.25) is 0 Å². The van der Waals surface area contributed by atoms with Crippen LogP contribution in [0.25, 0.3) is 0 Å². The average molecular weight is 212 g/mol. The summed E-state index contributed by atoms with van der Waals surface area (Å²) in [5.41, 5.74) is -1.00. The Morgan fingerprint density at radius 3 is 2.87 bits per heavy atom. The van der Waals surface area contributed by atoms with Gasteiger partial charge < -0.3 is 19.8 Å². The molecule has 0 bridgehead atoms. The molecule has 1 aliphatic rings. The van der Waals surface area contributed by atoms with Crippen molar-refractivity contribution in [3.63, 3.8) is 0 Å². The largest absolute Gasteiger partial charge is 0.379 e. The van der Waals surface area contributed by atoms with E-state index in [2.05, 4.69) is 15.5 Å². The van der Waals surface area contributed by atoms with Gasteiger partial charge in [0.05, 0.1) is 0 Å². The molecule has 84 valence electrons. The first-order chi connectivity index (χ1) is 7.12. The van der Waals surface area contributed by atoms with Crippen molar-refractivity contribution >= 4 is 5.95 Å². The lowest BCUT2D eigenvalue weighted by Gasteiger charge is -2.28. The molecule has 0 radical (unpaired) electrons. The van der Waals surface area contributed by atoms with Crippen LogP contribution in [0.4, 0.5) is 5.95 Å². The van der Waals surface area contributed by atoms with Crippen molar-refractivity contribution in [2.24, 2.45) is 0 Å². The van der Waals surface area contributed by atoms with Gasteiger partial charge in [-0.05, 0) is 24.5 Å². The van der Waals surface area contributed by atoms with E-state index >= 15 is 0 Å². The summed E-state index contributed by atoms with van der Waals surface area (Å²) in [4.78, 5) is 5.91. The quantitative estimate of drug-likeness (QED) is 0.701. The molecule has 2 heterocycles. The minimum atomic E-state index is -1.00. The number of rotatable bonds is 2. The summed E-state index contributed by atoms with van der Waals surface area (Å²) in [6.07, 6.45) is 1.57. The molecule has 1 fully saturated rings. The molecular weight excluding hydrogens is 196 g/mol. The fourth-order valence-electron chi connectivity index (χ4n) is 1.66. The van der Waals surface area contributed by atoms with Gasteiger partial charge in [0.25, 0.3) is 11.8 Å². The summed E-state index contributed by atoms with van der Waals surface area (Å²) in [7, 11) is 3.66. The summed E-state index contributed by atoms with van der Waals surface area (Å²) in [5, 5.41) is 17.2. The Morgan fingerprint density at radius 1 is 1.53 bits per heavy atom. The molecule has 0 spiro atoms. The van der Waals surface area contributed by atoms with E-state index in [1.165, 1.54) is 0 Å². The Morgan fingerprint density at radius 2 is 2.33 bits per heavy atom. The zero-order valence-electron chi connectivity index (χ0n) is 9.03. The fourth-order valence-corrected chi connectivity index (χ4v) is 1.66. The van der Waals surface area contributed by atoms with E-state index in [1.807, 2.05) is 14.1 Å². The average Bonchev–Trinajstić information content (AvgIpc) is 2.68. The molecule has 2 N–H and O–H groups in total. The van der Waals surface area contributed by atoms with E-state index in [0.29, 0.717) is 24.8 Å². The van der Waals surface area contributed by atoms with Crippen LogP contribution in [-0.2, 0) is 5.60 Å².